The highest BCUT2D eigenvalue weighted by Gasteiger charge is 2.38. The van der Waals surface area contributed by atoms with Crippen LogP contribution in [0.1, 0.15) is 48.5 Å². The Hall–Kier alpha value is -2.56. The third-order valence-electron chi connectivity index (χ3n) is 5.91. The van der Waals surface area contributed by atoms with Crippen LogP contribution < -0.4 is 0 Å². The molecule has 0 amide bonds. The van der Waals surface area contributed by atoms with Gasteiger partial charge in [-0.05, 0) is 49.8 Å². The van der Waals surface area contributed by atoms with Gasteiger partial charge in [0.1, 0.15) is 5.01 Å². The van der Waals surface area contributed by atoms with Gasteiger partial charge in [-0.2, -0.15) is 0 Å². The minimum Gasteiger partial charge on any atom is -0.390 e. The van der Waals surface area contributed by atoms with Crippen LogP contribution in [-0.4, -0.2) is 20.7 Å². The fraction of sp³-hybridized carbons (Fsp3) is 0.280. The number of hydrogen-bond acceptors (Lipinski definition) is 4. The van der Waals surface area contributed by atoms with Crippen molar-refractivity contribution >= 4 is 11.3 Å². The minimum atomic E-state index is -0.495. The lowest BCUT2D eigenvalue weighted by Gasteiger charge is -2.41. The van der Waals surface area contributed by atoms with Crippen molar-refractivity contribution in [2.45, 2.75) is 43.6 Å². The van der Waals surface area contributed by atoms with E-state index in [1.54, 1.807) is 17.5 Å². The Bertz CT molecular complexity index is 1060. The van der Waals surface area contributed by atoms with Gasteiger partial charge in [-0.3, -0.25) is 4.98 Å². The predicted octanol–water partition coefficient (Wildman–Crippen LogP) is 6.10. The van der Waals surface area contributed by atoms with Gasteiger partial charge < -0.3 is 5.11 Å². The number of aliphatic hydroxyl groups is 1. The van der Waals surface area contributed by atoms with Gasteiger partial charge in [0.2, 0.25) is 0 Å². The van der Waals surface area contributed by atoms with E-state index >= 15 is 0 Å². The van der Waals surface area contributed by atoms with Gasteiger partial charge >= 0.3 is 0 Å². The summed E-state index contributed by atoms with van der Waals surface area (Å²) in [7, 11) is 0. The number of pyridine rings is 1. The first-order valence-electron chi connectivity index (χ1n) is 10.2. The smallest absolute Gasteiger partial charge is 0.125 e. The molecule has 3 nitrogen and oxygen atoms in total. The molecule has 2 aliphatic carbocycles. The van der Waals surface area contributed by atoms with Gasteiger partial charge in [0, 0.05) is 34.3 Å². The standard InChI is InChI=1S/C25H24N2OS/c1-25(28)14-21(15-25)17-9-11-18(12-10-17)22-23(19-6-3-2-4-7-19)29-24(27-22)20-8-5-13-26-16-20/h2-6,8-13,16,19,21,28H,7,14-15H2,1H3. The normalized spacial score (nSPS) is 25.7. The van der Waals surface area contributed by atoms with Gasteiger partial charge in [-0.1, -0.05) is 48.6 Å². The lowest BCUT2D eigenvalue weighted by atomic mass is 9.69. The van der Waals surface area contributed by atoms with Crippen LogP contribution in [0.2, 0.25) is 0 Å². The molecule has 1 saturated carbocycles. The van der Waals surface area contributed by atoms with Crippen molar-refractivity contribution in [3.05, 3.63) is 83.5 Å². The quantitative estimate of drug-likeness (QED) is 0.575. The van der Waals surface area contributed by atoms with Crippen molar-refractivity contribution in [3.8, 4) is 21.8 Å². The Morgan fingerprint density at radius 1 is 1.07 bits per heavy atom. The highest BCUT2D eigenvalue weighted by atomic mass is 32.1. The van der Waals surface area contributed by atoms with E-state index in [9.17, 15) is 5.11 Å². The summed E-state index contributed by atoms with van der Waals surface area (Å²) in [4.78, 5) is 10.6. The summed E-state index contributed by atoms with van der Waals surface area (Å²) in [6, 6.07) is 12.8. The zero-order valence-electron chi connectivity index (χ0n) is 16.5. The Morgan fingerprint density at radius 3 is 2.55 bits per heavy atom. The molecule has 2 heterocycles. The van der Waals surface area contributed by atoms with E-state index in [1.165, 1.54) is 10.4 Å². The summed E-state index contributed by atoms with van der Waals surface area (Å²) in [6.07, 6.45) is 15.1. The predicted molar refractivity (Wildman–Crippen MR) is 119 cm³/mol. The zero-order chi connectivity index (χ0) is 19.8. The number of allylic oxidation sites excluding steroid dienone is 4. The summed E-state index contributed by atoms with van der Waals surface area (Å²) >= 11 is 1.77. The summed E-state index contributed by atoms with van der Waals surface area (Å²) in [5, 5.41) is 11.1. The molecule has 0 saturated heterocycles. The monoisotopic (exact) mass is 400 g/mol. The lowest BCUT2D eigenvalue weighted by Crippen LogP contribution is -2.39. The van der Waals surface area contributed by atoms with E-state index in [2.05, 4.69) is 59.6 Å². The second kappa shape index (κ2) is 7.36. The molecule has 146 valence electrons. The average Bonchev–Trinajstić information content (AvgIpc) is 3.19. The van der Waals surface area contributed by atoms with Crippen molar-refractivity contribution in [1.29, 1.82) is 0 Å². The zero-order valence-corrected chi connectivity index (χ0v) is 17.3. The van der Waals surface area contributed by atoms with Crippen molar-refractivity contribution in [2.75, 3.05) is 0 Å². The number of aromatic nitrogens is 2. The summed E-state index contributed by atoms with van der Waals surface area (Å²) in [6.45, 7) is 1.92. The number of thiazole rings is 1. The fourth-order valence-electron chi connectivity index (χ4n) is 4.33. The number of nitrogens with zero attached hydrogens (tertiary/aromatic N) is 2. The van der Waals surface area contributed by atoms with Gasteiger partial charge in [-0.25, -0.2) is 4.98 Å². The van der Waals surface area contributed by atoms with Crippen LogP contribution >= 0.6 is 11.3 Å². The fourth-order valence-corrected chi connectivity index (χ4v) is 5.50. The molecule has 2 aliphatic rings. The van der Waals surface area contributed by atoms with Crippen LogP contribution in [0.3, 0.4) is 0 Å². The van der Waals surface area contributed by atoms with E-state index < -0.39 is 5.60 Å². The SMILES string of the molecule is CC1(O)CC(c2ccc(-c3nc(-c4cccnc4)sc3C3C=CC=CC3)cc2)C1. The molecule has 1 atom stereocenters. The minimum absolute atomic E-state index is 0.360. The molecule has 1 unspecified atom stereocenters. The highest BCUT2D eigenvalue weighted by molar-refractivity contribution is 7.15. The third kappa shape index (κ3) is 3.70. The molecule has 1 N–H and O–H groups in total. The Balaban J connectivity index is 1.50. The van der Waals surface area contributed by atoms with Gasteiger partial charge in [-0.15, -0.1) is 11.3 Å². The molecular formula is C25H24N2OS. The van der Waals surface area contributed by atoms with Crippen LogP contribution in [0.15, 0.2) is 73.1 Å². The number of hydrogen-bond donors (Lipinski definition) is 1. The van der Waals surface area contributed by atoms with E-state index in [-0.39, 0.29) is 0 Å². The van der Waals surface area contributed by atoms with Gasteiger partial charge in [0.25, 0.3) is 0 Å². The first kappa shape index (κ1) is 18.5. The van der Waals surface area contributed by atoms with E-state index in [1.807, 2.05) is 19.2 Å². The highest BCUT2D eigenvalue weighted by Crippen LogP contribution is 2.45. The molecular weight excluding hydrogens is 376 g/mol. The molecule has 0 radical (unpaired) electrons. The Labute approximate surface area is 175 Å². The first-order chi connectivity index (χ1) is 14.1. The molecule has 3 aromatic rings. The second-order valence-electron chi connectivity index (χ2n) is 8.35. The molecule has 0 aliphatic heterocycles. The van der Waals surface area contributed by atoms with E-state index in [0.29, 0.717) is 11.8 Å². The van der Waals surface area contributed by atoms with Crippen molar-refractivity contribution < 1.29 is 5.11 Å². The van der Waals surface area contributed by atoms with Crippen LogP contribution in [0.5, 0.6) is 0 Å². The average molecular weight is 401 g/mol. The molecule has 5 rings (SSSR count). The van der Waals surface area contributed by atoms with E-state index in [0.717, 1.165) is 41.1 Å². The van der Waals surface area contributed by atoms with Crippen LogP contribution in [0, 0.1) is 0 Å². The molecule has 2 aromatic heterocycles. The summed E-state index contributed by atoms with van der Waals surface area (Å²) in [5.74, 6) is 0.825. The molecule has 0 spiro atoms. The second-order valence-corrected chi connectivity index (χ2v) is 9.38. The molecule has 0 bridgehead atoms. The summed E-state index contributed by atoms with van der Waals surface area (Å²) < 4.78 is 0. The third-order valence-corrected chi connectivity index (χ3v) is 7.14. The molecule has 29 heavy (non-hydrogen) atoms. The van der Waals surface area contributed by atoms with Crippen LogP contribution in [0.4, 0.5) is 0 Å². The van der Waals surface area contributed by atoms with Crippen LogP contribution in [0.25, 0.3) is 21.8 Å². The first-order valence-corrected chi connectivity index (χ1v) is 11.0. The lowest BCUT2D eigenvalue weighted by molar-refractivity contribution is -0.0313. The topological polar surface area (TPSA) is 46.0 Å². The maximum atomic E-state index is 10.0. The largest absolute Gasteiger partial charge is 0.390 e. The number of rotatable bonds is 4. The van der Waals surface area contributed by atoms with E-state index in [4.69, 9.17) is 4.98 Å². The molecule has 4 heteroatoms. The van der Waals surface area contributed by atoms with Crippen molar-refractivity contribution in [1.82, 2.24) is 9.97 Å². The summed E-state index contributed by atoms with van der Waals surface area (Å²) in [5.41, 5.74) is 4.11. The van der Waals surface area contributed by atoms with Gasteiger partial charge in [0.05, 0.1) is 11.3 Å². The van der Waals surface area contributed by atoms with Crippen molar-refractivity contribution in [2.24, 2.45) is 0 Å². The maximum absolute atomic E-state index is 10.0. The maximum Gasteiger partial charge on any atom is 0.125 e. The van der Waals surface area contributed by atoms with Crippen LogP contribution in [-0.2, 0) is 0 Å². The Kier molecular flexibility index (Phi) is 4.69. The molecule has 1 fully saturated rings. The van der Waals surface area contributed by atoms with Gasteiger partial charge in [0.15, 0.2) is 0 Å². The Morgan fingerprint density at radius 2 is 1.90 bits per heavy atom. The number of benzene rings is 1. The molecule has 1 aromatic carbocycles. The van der Waals surface area contributed by atoms with Crippen molar-refractivity contribution in [3.63, 3.8) is 0 Å².